The standard InChI is InChI=1S/C15H29O2/c1-3-5-7-8-9-10-11-12-14-17-15(16)13-6-4-2/h13H,3-12,14H2,1-2H3. The van der Waals surface area contributed by atoms with E-state index < -0.39 is 0 Å². The summed E-state index contributed by atoms with van der Waals surface area (Å²) in [7, 11) is 0. The number of ether oxygens (including phenoxy) is 1. The molecule has 0 saturated carbocycles. The van der Waals surface area contributed by atoms with Crippen molar-refractivity contribution in [2.45, 2.75) is 78.1 Å². The molecule has 0 aromatic rings. The monoisotopic (exact) mass is 241 g/mol. The fraction of sp³-hybridized carbons (Fsp3) is 0.867. The number of rotatable bonds is 12. The molecule has 0 unspecified atom stereocenters. The summed E-state index contributed by atoms with van der Waals surface area (Å²) in [5, 5.41) is 0. The van der Waals surface area contributed by atoms with Gasteiger partial charge in [-0.2, -0.15) is 0 Å². The van der Waals surface area contributed by atoms with E-state index in [2.05, 4.69) is 13.8 Å². The molecule has 0 bridgehead atoms. The maximum Gasteiger partial charge on any atom is 0.309 e. The van der Waals surface area contributed by atoms with Gasteiger partial charge in [-0.1, -0.05) is 65.2 Å². The molecule has 2 nitrogen and oxygen atoms in total. The molecule has 0 amide bonds. The third-order valence-corrected chi connectivity index (χ3v) is 2.84. The van der Waals surface area contributed by atoms with E-state index in [0.717, 1.165) is 19.3 Å². The number of carbonyl (C=O) groups is 1. The molecule has 0 atom stereocenters. The molecular formula is C15H29O2. The van der Waals surface area contributed by atoms with Crippen molar-refractivity contribution in [3.8, 4) is 0 Å². The zero-order chi connectivity index (χ0) is 12.8. The maximum atomic E-state index is 11.1. The fourth-order valence-electron chi connectivity index (χ4n) is 1.73. The van der Waals surface area contributed by atoms with Crippen LogP contribution in [0.4, 0.5) is 0 Å². The number of hydrogen-bond acceptors (Lipinski definition) is 2. The van der Waals surface area contributed by atoms with Crippen molar-refractivity contribution in [3.63, 3.8) is 0 Å². The lowest BCUT2D eigenvalue weighted by Gasteiger charge is -2.04. The predicted octanol–water partition coefficient (Wildman–Crippen LogP) is 4.67. The highest BCUT2D eigenvalue weighted by atomic mass is 16.5. The van der Waals surface area contributed by atoms with Crippen LogP contribution in [-0.4, -0.2) is 12.6 Å². The summed E-state index contributed by atoms with van der Waals surface area (Å²) in [6.07, 6.45) is 13.7. The third-order valence-electron chi connectivity index (χ3n) is 2.84. The Morgan fingerprint density at radius 1 is 0.882 bits per heavy atom. The summed E-state index contributed by atoms with van der Waals surface area (Å²) < 4.78 is 5.09. The van der Waals surface area contributed by atoms with E-state index in [1.54, 1.807) is 6.42 Å². The van der Waals surface area contributed by atoms with Gasteiger partial charge in [-0.25, -0.2) is 0 Å². The van der Waals surface area contributed by atoms with Crippen LogP contribution in [0.5, 0.6) is 0 Å². The van der Waals surface area contributed by atoms with Crippen LogP contribution >= 0.6 is 0 Å². The highest BCUT2D eigenvalue weighted by molar-refractivity contribution is 5.78. The van der Waals surface area contributed by atoms with Crippen molar-refractivity contribution >= 4 is 5.97 Å². The largest absolute Gasteiger partial charge is 0.465 e. The minimum atomic E-state index is -0.144. The Bertz CT molecular complexity index is 166. The van der Waals surface area contributed by atoms with Gasteiger partial charge < -0.3 is 4.74 Å². The van der Waals surface area contributed by atoms with Gasteiger partial charge in [-0.3, -0.25) is 4.79 Å². The van der Waals surface area contributed by atoms with Crippen LogP contribution in [0, 0.1) is 6.42 Å². The quantitative estimate of drug-likeness (QED) is 0.366. The molecule has 0 fully saturated rings. The van der Waals surface area contributed by atoms with Gasteiger partial charge >= 0.3 is 5.97 Å². The highest BCUT2D eigenvalue weighted by Gasteiger charge is 2.01. The molecule has 0 aromatic heterocycles. The molecule has 0 aliphatic rings. The number of unbranched alkanes of at least 4 members (excludes halogenated alkanes) is 8. The number of hydrogen-bond donors (Lipinski definition) is 0. The minimum absolute atomic E-state index is 0.144. The lowest BCUT2D eigenvalue weighted by Crippen LogP contribution is -2.06. The van der Waals surface area contributed by atoms with Crippen molar-refractivity contribution < 1.29 is 9.53 Å². The summed E-state index contributed by atoms with van der Waals surface area (Å²) in [4.78, 5) is 11.1. The molecule has 0 heterocycles. The summed E-state index contributed by atoms with van der Waals surface area (Å²) in [5.74, 6) is -0.144. The normalized spacial score (nSPS) is 10.5. The van der Waals surface area contributed by atoms with E-state index in [0.29, 0.717) is 6.61 Å². The van der Waals surface area contributed by atoms with Gasteiger partial charge in [-0.15, -0.1) is 0 Å². The second kappa shape index (κ2) is 13.5. The van der Waals surface area contributed by atoms with E-state index >= 15 is 0 Å². The van der Waals surface area contributed by atoms with E-state index in [4.69, 9.17) is 4.74 Å². The molecule has 0 rings (SSSR count). The Balaban J connectivity index is 3.05. The molecule has 0 aromatic carbocycles. The minimum Gasteiger partial charge on any atom is -0.465 e. The Morgan fingerprint density at radius 3 is 2.06 bits per heavy atom. The van der Waals surface area contributed by atoms with E-state index in [1.807, 2.05) is 0 Å². The molecule has 2 heteroatoms. The Hall–Kier alpha value is -0.530. The average Bonchev–Trinajstić information content (AvgIpc) is 2.34. The Kier molecular flexibility index (Phi) is 13.1. The lowest BCUT2D eigenvalue weighted by molar-refractivity contribution is -0.139. The molecule has 0 aliphatic heterocycles. The average molecular weight is 241 g/mol. The van der Waals surface area contributed by atoms with Crippen molar-refractivity contribution in [1.82, 2.24) is 0 Å². The SMILES string of the molecule is CCC[CH]C(=O)OCCCCCCCCCC. The fourth-order valence-corrected chi connectivity index (χ4v) is 1.73. The van der Waals surface area contributed by atoms with Gasteiger partial charge in [0.1, 0.15) is 0 Å². The van der Waals surface area contributed by atoms with E-state index in [1.165, 1.54) is 44.9 Å². The van der Waals surface area contributed by atoms with Crippen molar-refractivity contribution in [2.75, 3.05) is 6.61 Å². The van der Waals surface area contributed by atoms with Crippen molar-refractivity contribution in [2.24, 2.45) is 0 Å². The van der Waals surface area contributed by atoms with Gasteiger partial charge in [0.05, 0.1) is 13.0 Å². The van der Waals surface area contributed by atoms with Gasteiger partial charge in [0.15, 0.2) is 0 Å². The van der Waals surface area contributed by atoms with Gasteiger partial charge in [0, 0.05) is 0 Å². The number of carbonyl (C=O) groups excluding carboxylic acids is 1. The summed E-state index contributed by atoms with van der Waals surface area (Å²) >= 11 is 0. The second-order valence-corrected chi connectivity index (χ2v) is 4.64. The summed E-state index contributed by atoms with van der Waals surface area (Å²) in [6, 6.07) is 0. The molecule has 17 heavy (non-hydrogen) atoms. The smallest absolute Gasteiger partial charge is 0.309 e. The predicted molar refractivity (Wildman–Crippen MR) is 72.8 cm³/mol. The topological polar surface area (TPSA) is 26.3 Å². The molecule has 0 aliphatic carbocycles. The molecule has 101 valence electrons. The van der Waals surface area contributed by atoms with Crippen LogP contribution in [0.1, 0.15) is 78.1 Å². The highest BCUT2D eigenvalue weighted by Crippen LogP contribution is 2.08. The zero-order valence-electron chi connectivity index (χ0n) is 11.7. The van der Waals surface area contributed by atoms with Crippen LogP contribution in [0.15, 0.2) is 0 Å². The van der Waals surface area contributed by atoms with Crippen LogP contribution in [-0.2, 0) is 9.53 Å². The van der Waals surface area contributed by atoms with Crippen LogP contribution in [0.25, 0.3) is 0 Å². The maximum absolute atomic E-state index is 11.1. The molecule has 0 spiro atoms. The first kappa shape index (κ1) is 16.5. The molecular weight excluding hydrogens is 212 g/mol. The van der Waals surface area contributed by atoms with E-state index in [-0.39, 0.29) is 5.97 Å². The van der Waals surface area contributed by atoms with Gasteiger partial charge in [0.2, 0.25) is 0 Å². The van der Waals surface area contributed by atoms with E-state index in [9.17, 15) is 4.79 Å². The van der Waals surface area contributed by atoms with Crippen LogP contribution < -0.4 is 0 Å². The molecule has 1 radical (unpaired) electrons. The van der Waals surface area contributed by atoms with Gasteiger partial charge in [-0.05, 0) is 12.8 Å². The third kappa shape index (κ3) is 13.4. The first-order valence-corrected chi connectivity index (χ1v) is 7.31. The summed E-state index contributed by atoms with van der Waals surface area (Å²) in [6.45, 7) is 4.89. The Morgan fingerprint density at radius 2 is 1.47 bits per heavy atom. The Labute approximate surface area is 107 Å². The lowest BCUT2D eigenvalue weighted by atomic mass is 10.1. The van der Waals surface area contributed by atoms with Crippen molar-refractivity contribution in [1.29, 1.82) is 0 Å². The summed E-state index contributed by atoms with van der Waals surface area (Å²) in [5.41, 5.74) is 0. The van der Waals surface area contributed by atoms with Gasteiger partial charge in [0.25, 0.3) is 0 Å². The first-order valence-electron chi connectivity index (χ1n) is 7.31. The van der Waals surface area contributed by atoms with Crippen LogP contribution in [0.2, 0.25) is 0 Å². The molecule has 0 N–H and O–H groups in total. The first-order chi connectivity index (χ1) is 8.31. The zero-order valence-corrected chi connectivity index (χ0v) is 11.7. The number of esters is 1. The molecule has 0 saturated heterocycles. The van der Waals surface area contributed by atoms with Crippen molar-refractivity contribution in [3.05, 3.63) is 6.42 Å². The van der Waals surface area contributed by atoms with Crippen LogP contribution in [0.3, 0.4) is 0 Å². The second-order valence-electron chi connectivity index (χ2n) is 4.64.